The van der Waals surface area contributed by atoms with E-state index in [0.717, 1.165) is 6.07 Å². The van der Waals surface area contributed by atoms with E-state index >= 15 is 0 Å². The van der Waals surface area contributed by atoms with Crippen LogP contribution in [0.2, 0.25) is 0 Å². The molecule has 19 heavy (non-hydrogen) atoms. The summed E-state index contributed by atoms with van der Waals surface area (Å²) in [5.74, 6) is -1.08. The molecule has 0 radical (unpaired) electrons. The fraction of sp³-hybridized carbons (Fsp3) is 0.333. The van der Waals surface area contributed by atoms with Gasteiger partial charge in [0.15, 0.2) is 0 Å². The van der Waals surface area contributed by atoms with E-state index < -0.39 is 10.9 Å². The minimum Gasteiger partial charge on any atom is -0.480 e. The normalized spacial score (nSPS) is 10.0. The molecule has 7 nitrogen and oxygen atoms in total. The van der Waals surface area contributed by atoms with E-state index in [9.17, 15) is 14.9 Å². The standard InChI is InChI=1S/C12H13N3O4/c1-8(2)14(7-12(16)17)10-4-3-9(6-13)5-11(10)15(18)19/h3-5,8H,7H2,1-2H3,(H,16,17). The first-order valence-corrected chi connectivity index (χ1v) is 5.53. The van der Waals surface area contributed by atoms with Crippen molar-refractivity contribution < 1.29 is 14.8 Å². The summed E-state index contributed by atoms with van der Waals surface area (Å²) in [6, 6.07) is 5.58. The molecule has 1 aromatic rings. The molecule has 0 aromatic heterocycles. The molecule has 0 fully saturated rings. The van der Waals surface area contributed by atoms with Gasteiger partial charge < -0.3 is 10.0 Å². The molecule has 0 aliphatic carbocycles. The van der Waals surface area contributed by atoms with Gasteiger partial charge in [0.2, 0.25) is 0 Å². The smallest absolute Gasteiger partial charge is 0.323 e. The first-order chi connectivity index (χ1) is 8.86. The lowest BCUT2D eigenvalue weighted by atomic mass is 10.1. The van der Waals surface area contributed by atoms with E-state index in [0.29, 0.717) is 0 Å². The molecule has 100 valence electrons. The van der Waals surface area contributed by atoms with E-state index in [-0.39, 0.29) is 29.5 Å². The van der Waals surface area contributed by atoms with Crippen molar-refractivity contribution in [2.75, 3.05) is 11.4 Å². The van der Waals surface area contributed by atoms with Gasteiger partial charge in [-0.1, -0.05) is 0 Å². The Kier molecular flexibility index (Phi) is 4.42. The molecule has 1 N–H and O–H groups in total. The highest BCUT2D eigenvalue weighted by Gasteiger charge is 2.23. The highest BCUT2D eigenvalue weighted by atomic mass is 16.6. The average Bonchev–Trinajstić information content (AvgIpc) is 2.34. The molecule has 0 heterocycles. The Labute approximate surface area is 109 Å². The molecule has 0 aliphatic rings. The van der Waals surface area contributed by atoms with Gasteiger partial charge >= 0.3 is 5.97 Å². The second-order valence-electron chi connectivity index (χ2n) is 4.19. The molecule has 1 aromatic carbocycles. The van der Waals surface area contributed by atoms with Crippen LogP contribution in [0.3, 0.4) is 0 Å². The summed E-state index contributed by atoms with van der Waals surface area (Å²) in [7, 11) is 0. The Morgan fingerprint density at radius 3 is 2.63 bits per heavy atom. The number of carboxylic acids is 1. The number of hydrogen-bond donors (Lipinski definition) is 1. The van der Waals surface area contributed by atoms with Crippen molar-refractivity contribution in [2.45, 2.75) is 19.9 Å². The Morgan fingerprint density at radius 1 is 1.58 bits per heavy atom. The number of aliphatic carboxylic acids is 1. The van der Waals surface area contributed by atoms with Crippen LogP contribution < -0.4 is 4.90 Å². The Morgan fingerprint density at radius 2 is 2.21 bits per heavy atom. The predicted molar refractivity (Wildman–Crippen MR) is 67.9 cm³/mol. The van der Waals surface area contributed by atoms with Gasteiger partial charge in [0.05, 0.1) is 16.6 Å². The van der Waals surface area contributed by atoms with Crippen LogP contribution in [-0.2, 0) is 4.79 Å². The average molecular weight is 263 g/mol. The maximum Gasteiger partial charge on any atom is 0.323 e. The number of rotatable bonds is 5. The number of anilines is 1. The highest BCUT2D eigenvalue weighted by Crippen LogP contribution is 2.30. The van der Waals surface area contributed by atoms with E-state index in [1.54, 1.807) is 13.8 Å². The second-order valence-corrected chi connectivity index (χ2v) is 4.19. The van der Waals surface area contributed by atoms with Gasteiger partial charge in [-0.15, -0.1) is 0 Å². The van der Waals surface area contributed by atoms with Crippen molar-refractivity contribution in [3.63, 3.8) is 0 Å². The van der Waals surface area contributed by atoms with E-state index in [2.05, 4.69) is 0 Å². The number of carbonyl (C=O) groups is 1. The molecular weight excluding hydrogens is 250 g/mol. The van der Waals surface area contributed by atoms with Crippen LogP contribution in [0.4, 0.5) is 11.4 Å². The van der Waals surface area contributed by atoms with Crippen LogP contribution in [0.15, 0.2) is 18.2 Å². The predicted octanol–water partition coefficient (Wildman–Crippen LogP) is 1.77. The zero-order valence-electron chi connectivity index (χ0n) is 10.5. The Hall–Kier alpha value is -2.62. The lowest BCUT2D eigenvalue weighted by Crippen LogP contribution is -2.36. The maximum atomic E-state index is 11.0. The summed E-state index contributed by atoms with van der Waals surface area (Å²) in [6.45, 7) is 3.14. The number of nitrogens with zero attached hydrogens (tertiary/aromatic N) is 3. The largest absolute Gasteiger partial charge is 0.480 e. The van der Waals surface area contributed by atoms with Crippen molar-refractivity contribution in [1.29, 1.82) is 5.26 Å². The molecule has 1 rings (SSSR count). The molecule has 0 saturated carbocycles. The van der Waals surface area contributed by atoms with Crippen molar-refractivity contribution >= 4 is 17.3 Å². The molecular formula is C12H13N3O4. The minimum atomic E-state index is -1.08. The molecule has 0 unspecified atom stereocenters. The quantitative estimate of drug-likeness (QED) is 0.640. The summed E-state index contributed by atoms with van der Waals surface area (Å²) in [6.07, 6.45) is 0. The Bertz CT molecular complexity index is 548. The third kappa shape index (κ3) is 3.42. The number of nitro groups is 1. The van der Waals surface area contributed by atoms with Gasteiger partial charge in [-0.3, -0.25) is 14.9 Å². The third-order valence-electron chi connectivity index (χ3n) is 2.54. The second kappa shape index (κ2) is 5.82. The molecule has 0 spiro atoms. The maximum absolute atomic E-state index is 11.0. The van der Waals surface area contributed by atoms with Crippen LogP contribution in [0.25, 0.3) is 0 Å². The molecule has 0 atom stereocenters. The number of carboxylic acid groups (broad SMARTS) is 1. The van der Waals surface area contributed by atoms with Crippen molar-refractivity contribution in [1.82, 2.24) is 0 Å². The number of benzene rings is 1. The summed E-state index contributed by atoms with van der Waals surface area (Å²) in [4.78, 5) is 22.6. The van der Waals surface area contributed by atoms with E-state index in [1.165, 1.54) is 17.0 Å². The molecule has 0 aliphatic heterocycles. The van der Waals surface area contributed by atoms with Gasteiger partial charge in [-0.2, -0.15) is 5.26 Å². The van der Waals surface area contributed by atoms with Gasteiger partial charge in [-0.25, -0.2) is 0 Å². The lowest BCUT2D eigenvalue weighted by molar-refractivity contribution is -0.384. The van der Waals surface area contributed by atoms with Gasteiger partial charge in [0, 0.05) is 12.1 Å². The van der Waals surface area contributed by atoms with Gasteiger partial charge in [0.25, 0.3) is 5.69 Å². The first-order valence-electron chi connectivity index (χ1n) is 5.53. The van der Waals surface area contributed by atoms with Crippen LogP contribution >= 0.6 is 0 Å². The van der Waals surface area contributed by atoms with E-state index in [1.807, 2.05) is 6.07 Å². The van der Waals surface area contributed by atoms with E-state index in [4.69, 9.17) is 10.4 Å². The SMILES string of the molecule is CC(C)N(CC(=O)O)c1ccc(C#N)cc1[N+](=O)[O-]. The lowest BCUT2D eigenvalue weighted by Gasteiger charge is -2.26. The fourth-order valence-electron chi connectivity index (χ4n) is 1.67. The zero-order chi connectivity index (χ0) is 14.6. The van der Waals surface area contributed by atoms with Crippen LogP contribution in [0.1, 0.15) is 19.4 Å². The van der Waals surface area contributed by atoms with Crippen molar-refractivity contribution in [2.24, 2.45) is 0 Å². The summed E-state index contributed by atoms with van der Waals surface area (Å²) >= 11 is 0. The molecule has 0 saturated heterocycles. The van der Waals surface area contributed by atoms with Gasteiger partial charge in [0.1, 0.15) is 12.2 Å². The van der Waals surface area contributed by atoms with Crippen molar-refractivity contribution in [3.05, 3.63) is 33.9 Å². The van der Waals surface area contributed by atoms with Crippen LogP contribution in [-0.4, -0.2) is 28.6 Å². The van der Waals surface area contributed by atoms with Gasteiger partial charge in [-0.05, 0) is 26.0 Å². The summed E-state index contributed by atoms with van der Waals surface area (Å²) in [5, 5.41) is 28.6. The van der Waals surface area contributed by atoms with Crippen LogP contribution in [0, 0.1) is 21.4 Å². The van der Waals surface area contributed by atoms with Crippen molar-refractivity contribution in [3.8, 4) is 6.07 Å². The minimum absolute atomic E-state index is 0.162. The highest BCUT2D eigenvalue weighted by molar-refractivity contribution is 5.77. The molecule has 0 amide bonds. The number of nitriles is 1. The zero-order valence-corrected chi connectivity index (χ0v) is 10.5. The Balaban J connectivity index is 3.34. The fourth-order valence-corrected chi connectivity index (χ4v) is 1.67. The summed E-state index contributed by atoms with van der Waals surface area (Å²) in [5.41, 5.74) is 0.0879. The topological polar surface area (TPSA) is 107 Å². The monoisotopic (exact) mass is 263 g/mol. The molecule has 7 heteroatoms. The van der Waals surface area contributed by atoms with Crippen LogP contribution in [0.5, 0.6) is 0 Å². The number of nitro benzene ring substituents is 1. The first kappa shape index (κ1) is 14.4. The number of hydrogen-bond acceptors (Lipinski definition) is 5. The third-order valence-corrected chi connectivity index (χ3v) is 2.54. The molecule has 0 bridgehead atoms. The summed E-state index contributed by atoms with van der Waals surface area (Å²) < 4.78 is 0.